The Kier molecular flexibility index (Phi) is 5.58. The Morgan fingerprint density at radius 2 is 1.74 bits per heavy atom. The van der Waals surface area contributed by atoms with Crippen molar-refractivity contribution >= 4 is 11.9 Å². The molecule has 0 aromatic carbocycles. The topological polar surface area (TPSA) is 65.5 Å². The average molecular weight is 366 g/mol. The molecule has 4 heterocycles. The molecule has 2 aromatic rings. The van der Waals surface area contributed by atoms with Gasteiger partial charge in [0, 0.05) is 64.4 Å². The number of carbonyl (C=O) groups is 1. The molecular weight excluding hydrogens is 340 g/mol. The van der Waals surface area contributed by atoms with E-state index in [1.165, 1.54) is 0 Å². The lowest BCUT2D eigenvalue weighted by molar-refractivity contribution is -0.137. The van der Waals surface area contributed by atoms with Gasteiger partial charge in [-0.2, -0.15) is 0 Å². The molecule has 0 spiro atoms. The van der Waals surface area contributed by atoms with Gasteiger partial charge in [-0.3, -0.25) is 14.7 Å². The predicted octanol–water partition coefficient (Wildman–Crippen LogP) is 1.43. The van der Waals surface area contributed by atoms with Gasteiger partial charge in [0.2, 0.25) is 11.9 Å². The van der Waals surface area contributed by atoms with Crippen LogP contribution < -0.4 is 4.90 Å². The molecule has 1 amide bonds. The van der Waals surface area contributed by atoms with Crippen molar-refractivity contribution in [3.8, 4) is 0 Å². The number of piperazine rings is 1. The Hall–Kier alpha value is -2.54. The molecule has 7 heteroatoms. The van der Waals surface area contributed by atoms with Crippen molar-refractivity contribution in [1.29, 1.82) is 0 Å². The Labute approximate surface area is 160 Å². The maximum absolute atomic E-state index is 13.0. The van der Waals surface area contributed by atoms with Crippen LogP contribution in [0.1, 0.15) is 18.5 Å². The van der Waals surface area contributed by atoms with Crippen molar-refractivity contribution in [2.45, 2.75) is 19.4 Å². The number of piperidine rings is 1. The zero-order valence-electron chi connectivity index (χ0n) is 15.6. The molecule has 142 valence electrons. The number of rotatable bonds is 4. The number of amides is 1. The van der Waals surface area contributed by atoms with E-state index < -0.39 is 0 Å². The second kappa shape index (κ2) is 8.43. The first-order valence-corrected chi connectivity index (χ1v) is 9.72. The molecule has 0 bridgehead atoms. The summed E-state index contributed by atoms with van der Waals surface area (Å²) in [5.41, 5.74) is 1.09. The number of pyridine rings is 1. The molecule has 2 saturated heterocycles. The number of hydrogen-bond donors (Lipinski definition) is 0. The van der Waals surface area contributed by atoms with Gasteiger partial charge in [-0.1, -0.05) is 6.07 Å². The van der Waals surface area contributed by atoms with Crippen LogP contribution in [0.3, 0.4) is 0 Å². The molecule has 0 aliphatic carbocycles. The maximum Gasteiger partial charge on any atom is 0.227 e. The molecule has 2 aliphatic heterocycles. The molecule has 2 aromatic heterocycles. The van der Waals surface area contributed by atoms with E-state index in [0.29, 0.717) is 0 Å². The normalized spacial score (nSPS) is 21.3. The summed E-state index contributed by atoms with van der Waals surface area (Å²) in [5, 5.41) is 0. The minimum absolute atomic E-state index is 0.0462. The van der Waals surface area contributed by atoms with Gasteiger partial charge in [0.1, 0.15) is 0 Å². The Balaban J connectivity index is 1.30. The molecular formula is C20H26N6O. The fraction of sp³-hybridized carbons (Fsp3) is 0.500. The third-order valence-corrected chi connectivity index (χ3v) is 5.40. The van der Waals surface area contributed by atoms with Crippen molar-refractivity contribution in [2.75, 3.05) is 44.2 Å². The van der Waals surface area contributed by atoms with E-state index in [0.717, 1.165) is 70.3 Å². The van der Waals surface area contributed by atoms with Crippen LogP contribution in [-0.2, 0) is 11.3 Å². The zero-order valence-corrected chi connectivity index (χ0v) is 15.6. The average Bonchev–Trinajstić information content (AvgIpc) is 2.75. The van der Waals surface area contributed by atoms with Crippen LogP contribution in [0.2, 0.25) is 0 Å². The largest absolute Gasteiger partial charge is 0.340 e. The van der Waals surface area contributed by atoms with E-state index in [1.807, 2.05) is 29.3 Å². The highest BCUT2D eigenvalue weighted by molar-refractivity contribution is 5.79. The summed E-state index contributed by atoms with van der Waals surface area (Å²) in [6, 6.07) is 7.84. The predicted molar refractivity (Wildman–Crippen MR) is 103 cm³/mol. The molecule has 1 atom stereocenters. The van der Waals surface area contributed by atoms with Crippen LogP contribution in [-0.4, -0.2) is 69.9 Å². The lowest BCUT2D eigenvalue weighted by Gasteiger charge is -2.39. The smallest absolute Gasteiger partial charge is 0.227 e. The SMILES string of the molecule is O=C(C1CCCN(c2ncccn2)C1)N1CCN(Cc2ccccn2)CC1. The highest BCUT2D eigenvalue weighted by Gasteiger charge is 2.31. The van der Waals surface area contributed by atoms with Crippen LogP contribution in [0.25, 0.3) is 0 Å². The Morgan fingerprint density at radius 3 is 2.48 bits per heavy atom. The molecule has 4 rings (SSSR count). The summed E-state index contributed by atoms with van der Waals surface area (Å²) >= 11 is 0. The van der Waals surface area contributed by atoms with Crippen molar-refractivity contribution in [2.24, 2.45) is 5.92 Å². The molecule has 1 unspecified atom stereocenters. The van der Waals surface area contributed by atoms with Crippen LogP contribution in [0, 0.1) is 5.92 Å². The number of carbonyl (C=O) groups excluding carboxylic acids is 1. The maximum atomic E-state index is 13.0. The van der Waals surface area contributed by atoms with Gasteiger partial charge in [-0.15, -0.1) is 0 Å². The molecule has 0 radical (unpaired) electrons. The molecule has 0 saturated carbocycles. The lowest BCUT2D eigenvalue weighted by Crippen LogP contribution is -2.52. The second-order valence-corrected chi connectivity index (χ2v) is 7.26. The van der Waals surface area contributed by atoms with E-state index in [9.17, 15) is 4.79 Å². The number of anilines is 1. The van der Waals surface area contributed by atoms with Gasteiger partial charge in [0.05, 0.1) is 11.6 Å². The number of hydrogen-bond acceptors (Lipinski definition) is 6. The third-order valence-electron chi connectivity index (χ3n) is 5.40. The second-order valence-electron chi connectivity index (χ2n) is 7.26. The summed E-state index contributed by atoms with van der Waals surface area (Å²) in [6.45, 7) is 5.89. The minimum atomic E-state index is 0.0462. The van der Waals surface area contributed by atoms with Gasteiger partial charge < -0.3 is 9.80 Å². The summed E-state index contributed by atoms with van der Waals surface area (Å²) in [4.78, 5) is 32.6. The quantitative estimate of drug-likeness (QED) is 0.816. The highest BCUT2D eigenvalue weighted by atomic mass is 16.2. The number of aromatic nitrogens is 3. The van der Waals surface area contributed by atoms with Crippen LogP contribution in [0.4, 0.5) is 5.95 Å². The Morgan fingerprint density at radius 1 is 0.963 bits per heavy atom. The van der Waals surface area contributed by atoms with Gasteiger partial charge in [-0.05, 0) is 31.0 Å². The molecule has 0 N–H and O–H groups in total. The summed E-state index contributed by atoms with van der Waals surface area (Å²) in [5.74, 6) is 1.06. The first-order chi connectivity index (χ1) is 13.3. The summed E-state index contributed by atoms with van der Waals surface area (Å²) in [7, 11) is 0. The van der Waals surface area contributed by atoms with Gasteiger partial charge in [-0.25, -0.2) is 9.97 Å². The zero-order chi connectivity index (χ0) is 18.5. The summed E-state index contributed by atoms with van der Waals surface area (Å²) in [6.07, 6.45) is 7.31. The van der Waals surface area contributed by atoms with E-state index >= 15 is 0 Å². The lowest BCUT2D eigenvalue weighted by atomic mass is 9.96. The Bertz CT molecular complexity index is 733. The van der Waals surface area contributed by atoms with E-state index in [1.54, 1.807) is 12.4 Å². The molecule has 27 heavy (non-hydrogen) atoms. The fourth-order valence-electron chi connectivity index (χ4n) is 3.92. The third kappa shape index (κ3) is 4.42. The highest BCUT2D eigenvalue weighted by Crippen LogP contribution is 2.22. The monoisotopic (exact) mass is 366 g/mol. The van der Waals surface area contributed by atoms with E-state index in [4.69, 9.17) is 0 Å². The van der Waals surface area contributed by atoms with Crippen LogP contribution >= 0.6 is 0 Å². The van der Waals surface area contributed by atoms with Crippen molar-refractivity contribution in [3.05, 3.63) is 48.5 Å². The van der Waals surface area contributed by atoms with Gasteiger partial charge in [0.15, 0.2) is 0 Å². The van der Waals surface area contributed by atoms with Gasteiger partial charge in [0.25, 0.3) is 0 Å². The molecule has 2 fully saturated rings. The van der Waals surface area contributed by atoms with E-state index in [-0.39, 0.29) is 11.8 Å². The summed E-state index contributed by atoms with van der Waals surface area (Å²) < 4.78 is 0. The van der Waals surface area contributed by atoms with Crippen molar-refractivity contribution in [3.63, 3.8) is 0 Å². The molecule has 2 aliphatic rings. The molecule has 7 nitrogen and oxygen atoms in total. The first-order valence-electron chi connectivity index (χ1n) is 9.72. The van der Waals surface area contributed by atoms with Gasteiger partial charge >= 0.3 is 0 Å². The first kappa shape index (κ1) is 17.9. The van der Waals surface area contributed by atoms with Crippen LogP contribution in [0.15, 0.2) is 42.9 Å². The fourth-order valence-corrected chi connectivity index (χ4v) is 3.92. The van der Waals surface area contributed by atoms with Crippen LogP contribution in [0.5, 0.6) is 0 Å². The van der Waals surface area contributed by atoms with Crippen molar-refractivity contribution in [1.82, 2.24) is 24.8 Å². The van der Waals surface area contributed by atoms with E-state index in [2.05, 4.69) is 30.8 Å². The standard InChI is InChI=1S/C20H26N6O/c27-19(17-5-3-10-26(15-17)20-22-8-4-9-23-20)25-13-11-24(12-14-25)16-18-6-1-2-7-21-18/h1-2,4,6-9,17H,3,5,10-16H2. The number of nitrogens with zero attached hydrogens (tertiary/aromatic N) is 6. The van der Waals surface area contributed by atoms with Crippen molar-refractivity contribution < 1.29 is 4.79 Å². The minimum Gasteiger partial charge on any atom is -0.340 e.